The highest BCUT2D eigenvalue weighted by atomic mass is 16.5. The quantitative estimate of drug-likeness (QED) is 0.460. The van der Waals surface area contributed by atoms with Gasteiger partial charge in [0.1, 0.15) is 0 Å². The van der Waals surface area contributed by atoms with Crippen LogP contribution in [-0.4, -0.2) is 26.8 Å². The van der Waals surface area contributed by atoms with E-state index in [0.29, 0.717) is 0 Å². The number of ether oxygens (including phenoxy) is 1. The van der Waals surface area contributed by atoms with E-state index in [1.54, 1.807) is 7.11 Å². The summed E-state index contributed by atoms with van der Waals surface area (Å²) in [6, 6.07) is 0. The molecule has 0 aliphatic carbocycles. The van der Waals surface area contributed by atoms with Gasteiger partial charge in [-0.05, 0) is 19.4 Å². The lowest BCUT2D eigenvalue weighted by Crippen LogP contribution is -2.20. The van der Waals surface area contributed by atoms with Gasteiger partial charge in [0.15, 0.2) is 0 Å². The first kappa shape index (κ1) is 12.4. The third kappa shape index (κ3) is 6.55. The molecule has 0 aliphatic heterocycles. The number of methoxy groups -OCH3 is 1. The molecule has 0 amide bonds. The Kier molecular flexibility index (Phi) is 7.65. The molecule has 0 bridgehead atoms. The van der Waals surface area contributed by atoms with Gasteiger partial charge in [-0.1, -0.05) is 31.2 Å². The first-order valence-electron chi connectivity index (χ1n) is 4.78. The molecule has 1 N–H and O–H groups in total. The van der Waals surface area contributed by atoms with Crippen molar-refractivity contribution in [3.05, 3.63) is 24.3 Å². The fourth-order valence-electron chi connectivity index (χ4n) is 0.965. The molecular formula is C11H21NO. The molecule has 0 aliphatic rings. The van der Waals surface area contributed by atoms with Crippen LogP contribution in [0.4, 0.5) is 0 Å². The van der Waals surface area contributed by atoms with Crippen molar-refractivity contribution in [2.24, 2.45) is 0 Å². The molecule has 0 unspecified atom stereocenters. The molecule has 13 heavy (non-hydrogen) atoms. The topological polar surface area (TPSA) is 21.3 Å². The van der Waals surface area contributed by atoms with Crippen LogP contribution < -0.4 is 5.32 Å². The van der Waals surface area contributed by atoms with Gasteiger partial charge < -0.3 is 10.1 Å². The van der Waals surface area contributed by atoms with Crippen molar-refractivity contribution in [2.75, 3.05) is 26.8 Å². The molecular weight excluding hydrogens is 162 g/mol. The van der Waals surface area contributed by atoms with Crippen molar-refractivity contribution in [2.45, 2.75) is 19.8 Å². The Hall–Kier alpha value is -0.600. The van der Waals surface area contributed by atoms with E-state index in [-0.39, 0.29) is 0 Å². The maximum absolute atomic E-state index is 4.92. The molecule has 0 saturated carbocycles. The highest BCUT2D eigenvalue weighted by Gasteiger charge is 1.96. The van der Waals surface area contributed by atoms with Crippen molar-refractivity contribution in [1.82, 2.24) is 5.32 Å². The molecule has 0 aromatic heterocycles. The second-order valence-electron chi connectivity index (χ2n) is 3.05. The fraction of sp³-hybridized carbons (Fsp3) is 0.636. The van der Waals surface area contributed by atoms with Crippen LogP contribution in [-0.2, 0) is 4.74 Å². The van der Waals surface area contributed by atoms with E-state index in [1.165, 1.54) is 0 Å². The van der Waals surface area contributed by atoms with E-state index < -0.39 is 0 Å². The van der Waals surface area contributed by atoms with Gasteiger partial charge in [0.05, 0.1) is 6.61 Å². The zero-order valence-corrected chi connectivity index (χ0v) is 8.86. The maximum Gasteiger partial charge on any atom is 0.0587 e. The highest BCUT2D eigenvalue weighted by Crippen LogP contribution is 2.11. The van der Waals surface area contributed by atoms with Crippen LogP contribution >= 0.6 is 0 Å². The Morgan fingerprint density at radius 1 is 1.23 bits per heavy atom. The Bertz CT molecular complexity index is 163. The summed E-state index contributed by atoms with van der Waals surface area (Å²) in [7, 11) is 1.71. The van der Waals surface area contributed by atoms with Gasteiger partial charge in [-0.15, -0.1) is 0 Å². The zero-order chi connectivity index (χ0) is 10.1. The Labute approximate surface area is 81.7 Å². The van der Waals surface area contributed by atoms with E-state index in [2.05, 4.69) is 25.4 Å². The van der Waals surface area contributed by atoms with Crippen LogP contribution in [0, 0.1) is 0 Å². The van der Waals surface area contributed by atoms with Crippen molar-refractivity contribution in [3.63, 3.8) is 0 Å². The average molecular weight is 183 g/mol. The summed E-state index contributed by atoms with van der Waals surface area (Å²) in [5.41, 5.74) is 2.32. The molecule has 0 aromatic rings. The van der Waals surface area contributed by atoms with Gasteiger partial charge >= 0.3 is 0 Å². The molecule has 2 nitrogen and oxygen atoms in total. The lowest BCUT2D eigenvalue weighted by molar-refractivity contribution is 0.199. The molecule has 76 valence electrons. The van der Waals surface area contributed by atoms with Crippen molar-refractivity contribution >= 4 is 0 Å². The molecule has 0 radical (unpaired) electrons. The Balaban J connectivity index is 3.32. The maximum atomic E-state index is 4.92. The lowest BCUT2D eigenvalue weighted by Gasteiger charge is -2.07. The summed E-state index contributed by atoms with van der Waals surface area (Å²) in [6.07, 6.45) is 1.98. The molecule has 0 rings (SSSR count). The van der Waals surface area contributed by atoms with Gasteiger partial charge in [-0.3, -0.25) is 0 Å². The molecule has 0 heterocycles. The lowest BCUT2D eigenvalue weighted by atomic mass is 10.0. The van der Waals surface area contributed by atoms with Crippen LogP contribution in [0.2, 0.25) is 0 Å². The normalized spacial score (nSPS) is 10.0. The first-order chi connectivity index (χ1) is 6.22. The second-order valence-corrected chi connectivity index (χ2v) is 3.05. The molecule has 2 heteroatoms. The van der Waals surface area contributed by atoms with Crippen molar-refractivity contribution < 1.29 is 4.74 Å². The number of hydrogen-bond acceptors (Lipinski definition) is 2. The average Bonchev–Trinajstić information content (AvgIpc) is 2.16. The van der Waals surface area contributed by atoms with Crippen molar-refractivity contribution in [3.8, 4) is 0 Å². The minimum Gasteiger partial charge on any atom is -0.383 e. The summed E-state index contributed by atoms with van der Waals surface area (Å²) in [6.45, 7) is 12.6. The number of nitrogens with one attached hydrogen (secondary N) is 1. The van der Waals surface area contributed by atoms with Crippen LogP contribution in [0.3, 0.4) is 0 Å². The molecule has 0 fully saturated rings. The molecule has 0 saturated heterocycles. The molecule has 0 aromatic carbocycles. The summed E-state index contributed by atoms with van der Waals surface area (Å²) in [5, 5.41) is 3.27. The first-order valence-corrected chi connectivity index (χ1v) is 4.78. The zero-order valence-electron chi connectivity index (χ0n) is 8.86. The number of allylic oxidation sites excluding steroid dienone is 1. The minimum atomic E-state index is 0.765. The largest absolute Gasteiger partial charge is 0.383 e. The summed E-state index contributed by atoms with van der Waals surface area (Å²) in [5.74, 6) is 0. The second kappa shape index (κ2) is 8.02. The van der Waals surface area contributed by atoms with Crippen LogP contribution in [0.5, 0.6) is 0 Å². The van der Waals surface area contributed by atoms with Crippen molar-refractivity contribution in [1.29, 1.82) is 0 Å². The Morgan fingerprint density at radius 3 is 2.46 bits per heavy atom. The third-order valence-electron chi connectivity index (χ3n) is 2.01. The van der Waals surface area contributed by atoms with Crippen LogP contribution in [0.25, 0.3) is 0 Å². The van der Waals surface area contributed by atoms with E-state index in [1.807, 2.05) is 0 Å². The minimum absolute atomic E-state index is 0.765. The summed E-state index contributed by atoms with van der Waals surface area (Å²) >= 11 is 0. The molecule has 0 spiro atoms. The van der Waals surface area contributed by atoms with Gasteiger partial charge in [-0.2, -0.15) is 0 Å². The standard InChI is InChI=1S/C11H21NO/c1-5-10(2)11(3)6-7-12-8-9-13-4/h12H,2-3,5-9H2,1,4H3. The van der Waals surface area contributed by atoms with E-state index in [4.69, 9.17) is 4.74 Å². The monoisotopic (exact) mass is 183 g/mol. The summed E-state index contributed by atoms with van der Waals surface area (Å²) < 4.78 is 4.92. The van der Waals surface area contributed by atoms with Crippen LogP contribution in [0.1, 0.15) is 19.8 Å². The van der Waals surface area contributed by atoms with E-state index in [0.717, 1.165) is 43.7 Å². The highest BCUT2D eigenvalue weighted by molar-refractivity contribution is 5.24. The van der Waals surface area contributed by atoms with Gasteiger partial charge in [0.2, 0.25) is 0 Å². The SMILES string of the molecule is C=C(CC)C(=C)CCNCCOC. The fourth-order valence-corrected chi connectivity index (χ4v) is 0.965. The van der Waals surface area contributed by atoms with Gasteiger partial charge in [0.25, 0.3) is 0 Å². The number of rotatable bonds is 8. The summed E-state index contributed by atoms with van der Waals surface area (Å²) in [4.78, 5) is 0. The van der Waals surface area contributed by atoms with Gasteiger partial charge in [-0.25, -0.2) is 0 Å². The predicted molar refractivity (Wildman–Crippen MR) is 57.9 cm³/mol. The van der Waals surface area contributed by atoms with Gasteiger partial charge in [0, 0.05) is 13.7 Å². The Morgan fingerprint density at radius 2 is 1.92 bits per heavy atom. The smallest absolute Gasteiger partial charge is 0.0587 e. The van der Waals surface area contributed by atoms with Crippen LogP contribution in [0.15, 0.2) is 24.3 Å². The predicted octanol–water partition coefficient (Wildman–Crippen LogP) is 2.13. The van der Waals surface area contributed by atoms with E-state index >= 15 is 0 Å². The molecule has 0 atom stereocenters. The van der Waals surface area contributed by atoms with E-state index in [9.17, 15) is 0 Å². The third-order valence-corrected chi connectivity index (χ3v) is 2.01. The number of hydrogen-bond donors (Lipinski definition) is 1.